The Balaban J connectivity index is 1.80. The Morgan fingerprint density at radius 2 is 1.72 bits per heavy atom. The van der Waals surface area contributed by atoms with Crippen LogP contribution in [0.3, 0.4) is 0 Å². The van der Waals surface area contributed by atoms with Gasteiger partial charge in [-0.05, 0) is 41.6 Å². The smallest absolute Gasteiger partial charge is 0.306 e. The molecule has 4 nitrogen and oxygen atoms in total. The standard InChI is InChI=1S/C23H15ClN2O2S/c1-13-15(9-5-10-17(13)24)20-12-18-21(29-20)22(27)26(23(28)25-18)19-11-4-7-14-6-2-3-8-16(14)19/h2-12H,1H3,(H,25,28). The molecular formula is C23H15ClN2O2S. The maximum absolute atomic E-state index is 13.3. The minimum atomic E-state index is -0.453. The van der Waals surface area contributed by atoms with E-state index < -0.39 is 5.69 Å². The molecule has 5 rings (SSSR count). The van der Waals surface area contributed by atoms with Gasteiger partial charge >= 0.3 is 5.69 Å². The molecule has 0 bridgehead atoms. The van der Waals surface area contributed by atoms with E-state index in [2.05, 4.69) is 4.98 Å². The van der Waals surface area contributed by atoms with E-state index in [4.69, 9.17) is 11.6 Å². The van der Waals surface area contributed by atoms with Crippen LogP contribution in [0.15, 0.2) is 76.3 Å². The Bertz CT molecular complexity index is 1520. The van der Waals surface area contributed by atoms with Gasteiger partial charge in [-0.1, -0.05) is 60.1 Å². The first-order valence-electron chi connectivity index (χ1n) is 9.07. The van der Waals surface area contributed by atoms with Crippen LogP contribution in [0.5, 0.6) is 0 Å². The predicted molar refractivity (Wildman–Crippen MR) is 121 cm³/mol. The molecule has 6 heteroatoms. The van der Waals surface area contributed by atoms with Crippen molar-refractivity contribution in [1.82, 2.24) is 9.55 Å². The highest BCUT2D eigenvalue weighted by molar-refractivity contribution is 7.22. The lowest BCUT2D eigenvalue weighted by molar-refractivity contribution is 0.911. The second-order valence-electron chi connectivity index (χ2n) is 6.83. The lowest BCUT2D eigenvalue weighted by Gasteiger charge is -2.08. The normalized spacial score (nSPS) is 11.4. The van der Waals surface area contributed by atoms with Gasteiger partial charge in [-0.2, -0.15) is 0 Å². The molecule has 0 saturated heterocycles. The molecule has 2 aromatic heterocycles. The highest BCUT2D eigenvalue weighted by Gasteiger charge is 2.16. The van der Waals surface area contributed by atoms with Gasteiger partial charge in [0.05, 0.1) is 11.2 Å². The van der Waals surface area contributed by atoms with Crippen LogP contribution in [-0.2, 0) is 0 Å². The van der Waals surface area contributed by atoms with E-state index in [9.17, 15) is 9.59 Å². The second-order valence-corrected chi connectivity index (χ2v) is 8.29. The van der Waals surface area contributed by atoms with E-state index in [1.807, 2.05) is 67.6 Å². The van der Waals surface area contributed by atoms with E-state index in [1.165, 1.54) is 15.9 Å². The highest BCUT2D eigenvalue weighted by Crippen LogP contribution is 2.35. The first kappa shape index (κ1) is 17.9. The quantitative estimate of drug-likeness (QED) is 0.410. The van der Waals surface area contributed by atoms with Crippen LogP contribution in [0.4, 0.5) is 0 Å². The van der Waals surface area contributed by atoms with Crippen LogP contribution in [0.2, 0.25) is 5.02 Å². The van der Waals surface area contributed by atoms with Crippen molar-refractivity contribution in [2.75, 3.05) is 0 Å². The summed E-state index contributed by atoms with van der Waals surface area (Å²) in [6.07, 6.45) is 0. The molecule has 142 valence electrons. The number of H-pyrrole nitrogens is 1. The van der Waals surface area contributed by atoms with Crippen LogP contribution < -0.4 is 11.2 Å². The first-order chi connectivity index (χ1) is 14.0. The summed E-state index contributed by atoms with van der Waals surface area (Å²) in [5.74, 6) is 0. The van der Waals surface area contributed by atoms with Crippen LogP contribution in [0.25, 0.3) is 37.1 Å². The molecule has 0 fully saturated rings. The summed E-state index contributed by atoms with van der Waals surface area (Å²) in [6.45, 7) is 1.94. The Labute approximate surface area is 174 Å². The molecule has 0 unspecified atom stereocenters. The number of hydrogen-bond donors (Lipinski definition) is 1. The SMILES string of the molecule is Cc1c(Cl)cccc1-c1cc2[nH]c(=O)n(-c3cccc4ccccc34)c(=O)c2s1. The van der Waals surface area contributed by atoms with Crippen LogP contribution in [0.1, 0.15) is 5.56 Å². The minimum absolute atomic E-state index is 0.323. The number of aromatic amines is 1. The van der Waals surface area contributed by atoms with Gasteiger partial charge in [-0.25, -0.2) is 9.36 Å². The highest BCUT2D eigenvalue weighted by atomic mass is 35.5. The third-order valence-electron chi connectivity index (χ3n) is 5.11. The molecule has 0 saturated carbocycles. The van der Waals surface area contributed by atoms with Gasteiger partial charge in [-0.15, -0.1) is 11.3 Å². The molecule has 0 aliphatic rings. The maximum atomic E-state index is 13.3. The number of benzene rings is 3. The molecule has 29 heavy (non-hydrogen) atoms. The number of halogens is 1. The van der Waals surface area contributed by atoms with Crippen molar-refractivity contribution in [2.45, 2.75) is 6.92 Å². The summed E-state index contributed by atoms with van der Waals surface area (Å²) < 4.78 is 1.72. The monoisotopic (exact) mass is 418 g/mol. The number of hydrogen-bond acceptors (Lipinski definition) is 3. The summed E-state index contributed by atoms with van der Waals surface area (Å²) in [6, 6.07) is 20.8. The molecule has 0 aliphatic carbocycles. The van der Waals surface area contributed by atoms with Crippen molar-refractivity contribution in [3.05, 3.63) is 98.2 Å². The number of rotatable bonds is 2. The van der Waals surface area contributed by atoms with Gasteiger partial charge in [0.15, 0.2) is 0 Å². The van der Waals surface area contributed by atoms with E-state index in [-0.39, 0.29) is 5.56 Å². The molecule has 0 spiro atoms. The van der Waals surface area contributed by atoms with Crippen molar-refractivity contribution in [3.63, 3.8) is 0 Å². The van der Waals surface area contributed by atoms with Gasteiger partial charge in [0.25, 0.3) is 5.56 Å². The molecule has 1 N–H and O–H groups in total. The molecule has 0 atom stereocenters. The Morgan fingerprint density at radius 3 is 2.59 bits per heavy atom. The van der Waals surface area contributed by atoms with E-state index in [0.29, 0.717) is 20.9 Å². The average Bonchev–Trinajstić information content (AvgIpc) is 3.14. The van der Waals surface area contributed by atoms with Crippen molar-refractivity contribution in [1.29, 1.82) is 0 Å². The lowest BCUT2D eigenvalue weighted by Crippen LogP contribution is -2.33. The van der Waals surface area contributed by atoms with Gasteiger partial charge in [-0.3, -0.25) is 4.79 Å². The third-order valence-corrected chi connectivity index (χ3v) is 6.68. The Kier molecular flexibility index (Phi) is 4.15. The number of nitrogens with one attached hydrogen (secondary N) is 1. The minimum Gasteiger partial charge on any atom is -0.306 e. The number of thiophene rings is 1. The van der Waals surface area contributed by atoms with Crippen molar-refractivity contribution < 1.29 is 0 Å². The molecule has 0 amide bonds. The second kappa shape index (κ2) is 6.72. The zero-order valence-corrected chi connectivity index (χ0v) is 17.0. The van der Waals surface area contributed by atoms with Crippen LogP contribution in [0, 0.1) is 6.92 Å². The molecule has 5 aromatic rings. The zero-order valence-electron chi connectivity index (χ0n) is 15.4. The van der Waals surface area contributed by atoms with Crippen molar-refractivity contribution >= 4 is 43.9 Å². The van der Waals surface area contributed by atoms with Gasteiger partial charge in [0, 0.05) is 15.3 Å². The fourth-order valence-corrected chi connectivity index (χ4v) is 4.94. The Hall–Kier alpha value is -3.15. The molecule has 0 aliphatic heterocycles. The molecular weight excluding hydrogens is 404 g/mol. The number of fused-ring (bicyclic) bond motifs is 2. The fraction of sp³-hybridized carbons (Fsp3) is 0.0435. The molecule has 3 aromatic carbocycles. The van der Waals surface area contributed by atoms with E-state index >= 15 is 0 Å². The van der Waals surface area contributed by atoms with Crippen LogP contribution >= 0.6 is 22.9 Å². The van der Waals surface area contributed by atoms with Gasteiger partial charge < -0.3 is 4.98 Å². The topological polar surface area (TPSA) is 54.9 Å². The van der Waals surface area contributed by atoms with Crippen molar-refractivity contribution in [2.24, 2.45) is 0 Å². The predicted octanol–water partition coefficient (Wildman–Crippen LogP) is 5.52. The third kappa shape index (κ3) is 2.82. The largest absolute Gasteiger partial charge is 0.333 e. The van der Waals surface area contributed by atoms with E-state index in [0.717, 1.165) is 26.8 Å². The summed E-state index contributed by atoms with van der Waals surface area (Å²) >= 11 is 7.62. The Morgan fingerprint density at radius 1 is 0.966 bits per heavy atom. The average molecular weight is 419 g/mol. The fourth-order valence-electron chi connectivity index (χ4n) is 3.64. The van der Waals surface area contributed by atoms with Gasteiger partial charge in [0.1, 0.15) is 4.70 Å². The first-order valence-corrected chi connectivity index (χ1v) is 10.3. The summed E-state index contributed by atoms with van der Waals surface area (Å²) in [5, 5.41) is 2.49. The number of nitrogens with zero attached hydrogens (tertiary/aromatic N) is 1. The summed E-state index contributed by atoms with van der Waals surface area (Å²) in [5.41, 5.74) is 2.23. The maximum Gasteiger partial charge on any atom is 0.333 e. The number of aromatic nitrogens is 2. The molecule has 2 heterocycles. The van der Waals surface area contributed by atoms with Gasteiger partial charge in [0.2, 0.25) is 0 Å². The van der Waals surface area contributed by atoms with Crippen molar-refractivity contribution in [3.8, 4) is 16.1 Å². The zero-order chi connectivity index (χ0) is 20.1. The lowest BCUT2D eigenvalue weighted by atomic mass is 10.1. The summed E-state index contributed by atoms with van der Waals surface area (Å²) in [4.78, 5) is 29.9. The van der Waals surface area contributed by atoms with E-state index in [1.54, 1.807) is 6.07 Å². The summed E-state index contributed by atoms with van der Waals surface area (Å²) in [7, 11) is 0. The molecule has 0 radical (unpaired) electrons. The van der Waals surface area contributed by atoms with Crippen LogP contribution in [-0.4, -0.2) is 9.55 Å².